The fraction of sp³-hybridized carbons (Fsp3) is 0.381. The van der Waals surface area contributed by atoms with E-state index in [4.69, 9.17) is 9.47 Å². The van der Waals surface area contributed by atoms with Crippen LogP contribution in [0.25, 0.3) is 0 Å². The summed E-state index contributed by atoms with van der Waals surface area (Å²) >= 11 is 0. The number of ketones is 1. The van der Waals surface area contributed by atoms with Crippen LogP contribution in [0.3, 0.4) is 0 Å². The first kappa shape index (κ1) is 21.1. The van der Waals surface area contributed by atoms with Gasteiger partial charge in [0.2, 0.25) is 0 Å². The summed E-state index contributed by atoms with van der Waals surface area (Å²) in [7, 11) is 3.32. The number of Topliss-reactive ketones (excluding diaryl/α,β-unsaturated/α-hetero) is 1. The zero-order valence-corrected chi connectivity index (χ0v) is 16.9. The largest absolute Gasteiger partial charge is 0.497 e. The van der Waals surface area contributed by atoms with Gasteiger partial charge in [0.15, 0.2) is 5.78 Å². The van der Waals surface area contributed by atoms with Gasteiger partial charge in [-0.3, -0.25) is 9.69 Å². The van der Waals surface area contributed by atoms with Crippen molar-refractivity contribution in [3.8, 4) is 11.5 Å². The zero-order chi connectivity index (χ0) is 18.5. The van der Waals surface area contributed by atoms with Crippen LogP contribution in [0.5, 0.6) is 11.5 Å². The van der Waals surface area contributed by atoms with Gasteiger partial charge < -0.3 is 14.4 Å². The number of ether oxygens (including phenoxy) is 2. The summed E-state index contributed by atoms with van der Waals surface area (Å²) in [4.78, 5) is 17.3. The lowest BCUT2D eigenvalue weighted by molar-refractivity contribution is 0.0829. The van der Waals surface area contributed by atoms with Gasteiger partial charge in [0, 0.05) is 31.7 Å². The molecule has 0 spiro atoms. The first-order valence-corrected chi connectivity index (χ1v) is 8.94. The number of rotatable bonds is 6. The van der Waals surface area contributed by atoms with Gasteiger partial charge in [0.25, 0.3) is 0 Å². The van der Waals surface area contributed by atoms with E-state index in [0.717, 1.165) is 48.9 Å². The molecule has 0 bridgehead atoms. The third-order valence-corrected chi connectivity index (χ3v) is 5.04. The number of hydrogen-bond donors (Lipinski definition) is 0. The number of para-hydroxylation sites is 2. The Labute approximate surface area is 167 Å². The molecule has 1 aliphatic rings. The van der Waals surface area contributed by atoms with Gasteiger partial charge in [-0.1, -0.05) is 12.1 Å². The highest BCUT2D eigenvalue weighted by atomic mass is 35.5. The highest BCUT2D eigenvalue weighted by Gasteiger charge is 2.27. The van der Waals surface area contributed by atoms with Crippen molar-refractivity contribution in [2.24, 2.45) is 0 Å². The van der Waals surface area contributed by atoms with Gasteiger partial charge in [0.05, 0.1) is 25.9 Å². The molecule has 1 heterocycles. The molecule has 0 radical (unpaired) electrons. The fourth-order valence-electron chi connectivity index (χ4n) is 3.40. The van der Waals surface area contributed by atoms with Gasteiger partial charge in [-0.25, -0.2) is 0 Å². The SMILES string of the molecule is COc1ccc(C(=O)C(C)N2CCN(c3ccccc3OC)CC2)cc1.Cl. The Bertz CT molecular complexity index is 743. The first-order chi connectivity index (χ1) is 12.6. The Morgan fingerprint density at radius 2 is 1.56 bits per heavy atom. The van der Waals surface area contributed by atoms with E-state index in [1.807, 2.05) is 49.4 Å². The number of carbonyl (C=O) groups is 1. The molecule has 1 saturated heterocycles. The molecule has 2 aromatic carbocycles. The van der Waals surface area contributed by atoms with Crippen molar-refractivity contribution < 1.29 is 14.3 Å². The monoisotopic (exact) mass is 390 g/mol. The molecule has 0 amide bonds. The summed E-state index contributed by atoms with van der Waals surface area (Å²) < 4.78 is 10.6. The van der Waals surface area contributed by atoms with Crippen LogP contribution in [0.2, 0.25) is 0 Å². The lowest BCUT2D eigenvalue weighted by Crippen LogP contribution is -2.51. The molecule has 2 aromatic rings. The molecule has 1 fully saturated rings. The minimum atomic E-state index is -0.136. The average molecular weight is 391 g/mol. The van der Waals surface area contributed by atoms with Crippen molar-refractivity contribution in [2.75, 3.05) is 45.3 Å². The quantitative estimate of drug-likeness (QED) is 0.706. The summed E-state index contributed by atoms with van der Waals surface area (Å²) in [6.07, 6.45) is 0. The number of piperazine rings is 1. The summed E-state index contributed by atoms with van der Waals surface area (Å²) in [5, 5.41) is 0. The molecule has 0 N–H and O–H groups in total. The van der Waals surface area contributed by atoms with E-state index in [0.29, 0.717) is 0 Å². The molecule has 0 saturated carbocycles. The topological polar surface area (TPSA) is 42.0 Å². The number of hydrogen-bond acceptors (Lipinski definition) is 5. The molecule has 27 heavy (non-hydrogen) atoms. The Kier molecular flexibility index (Phi) is 7.51. The summed E-state index contributed by atoms with van der Waals surface area (Å²) in [6.45, 7) is 5.44. The van der Waals surface area contributed by atoms with E-state index in [-0.39, 0.29) is 24.2 Å². The molecule has 1 unspecified atom stereocenters. The van der Waals surface area contributed by atoms with Gasteiger partial charge in [0.1, 0.15) is 11.5 Å². The highest BCUT2D eigenvalue weighted by molar-refractivity contribution is 6.00. The molecule has 5 nitrogen and oxygen atoms in total. The smallest absolute Gasteiger partial charge is 0.179 e. The summed E-state index contributed by atoms with van der Waals surface area (Å²) in [5.74, 6) is 1.81. The van der Waals surface area contributed by atoms with Crippen LogP contribution in [0.4, 0.5) is 5.69 Å². The van der Waals surface area contributed by atoms with Gasteiger partial charge in [-0.05, 0) is 43.3 Å². The van der Waals surface area contributed by atoms with E-state index in [2.05, 4.69) is 15.9 Å². The normalized spacial score (nSPS) is 15.6. The maximum absolute atomic E-state index is 12.8. The third kappa shape index (κ3) is 4.73. The molecule has 1 aliphatic heterocycles. The van der Waals surface area contributed by atoms with Gasteiger partial charge >= 0.3 is 0 Å². The van der Waals surface area contributed by atoms with E-state index >= 15 is 0 Å². The van der Waals surface area contributed by atoms with Gasteiger partial charge in [-0.2, -0.15) is 0 Å². The van der Waals surface area contributed by atoms with Crippen molar-refractivity contribution in [1.29, 1.82) is 0 Å². The lowest BCUT2D eigenvalue weighted by Gasteiger charge is -2.39. The molecule has 6 heteroatoms. The van der Waals surface area contributed by atoms with E-state index in [9.17, 15) is 4.79 Å². The van der Waals surface area contributed by atoms with Crippen molar-refractivity contribution in [3.63, 3.8) is 0 Å². The molecule has 0 aromatic heterocycles. The van der Waals surface area contributed by atoms with Crippen LogP contribution in [-0.2, 0) is 0 Å². The Balaban J connectivity index is 0.00000261. The van der Waals surface area contributed by atoms with E-state index in [1.54, 1.807) is 14.2 Å². The Morgan fingerprint density at radius 1 is 0.926 bits per heavy atom. The van der Waals surface area contributed by atoms with Crippen molar-refractivity contribution >= 4 is 23.9 Å². The summed E-state index contributed by atoms with van der Waals surface area (Å²) in [6, 6.07) is 15.3. The predicted molar refractivity (Wildman–Crippen MR) is 111 cm³/mol. The van der Waals surface area contributed by atoms with E-state index < -0.39 is 0 Å². The summed E-state index contributed by atoms with van der Waals surface area (Å²) in [5.41, 5.74) is 1.84. The average Bonchev–Trinajstić information content (AvgIpc) is 2.73. The molecule has 0 aliphatic carbocycles. The molecule has 1 atom stereocenters. The minimum absolute atomic E-state index is 0. The number of anilines is 1. The second-order valence-corrected chi connectivity index (χ2v) is 6.46. The van der Waals surface area contributed by atoms with Crippen LogP contribution in [-0.4, -0.2) is 57.1 Å². The second kappa shape index (κ2) is 9.62. The predicted octanol–water partition coefficient (Wildman–Crippen LogP) is 3.52. The standard InChI is InChI=1S/C21H26N2O3.ClH/c1-16(21(24)17-8-10-18(25-2)11-9-17)22-12-14-23(15-13-22)19-6-4-5-7-20(19)26-3;/h4-11,16H,12-15H2,1-3H3;1H. The Morgan fingerprint density at radius 3 is 2.15 bits per heavy atom. The minimum Gasteiger partial charge on any atom is -0.497 e. The highest BCUT2D eigenvalue weighted by Crippen LogP contribution is 2.28. The van der Waals surface area contributed by atoms with Crippen LogP contribution in [0, 0.1) is 0 Å². The van der Waals surface area contributed by atoms with Crippen LogP contribution >= 0.6 is 12.4 Å². The van der Waals surface area contributed by atoms with Crippen molar-refractivity contribution in [2.45, 2.75) is 13.0 Å². The maximum atomic E-state index is 12.8. The van der Waals surface area contributed by atoms with E-state index in [1.165, 1.54) is 0 Å². The second-order valence-electron chi connectivity index (χ2n) is 6.46. The third-order valence-electron chi connectivity index (χ3n) is 5.04. The van der Waals surface area contributed by atoms with Crippen molar-refractivity contribution in [1.82, 2.24) is 4.90 Å². The van der Waals surface area contributed by atoms with Gasteiger partial charge in [-0.15, -0.1) is 12.4 Å². The molecule has 3 rings (SSSR count). The van der Waals surface area contributed by atoms with Crippen LogP contribution in [0.15, 0.2) is 48.5 Å². The Hall–Kier alpha value is -2.24. The lowest BCUT2D eigenvalue weighted by atomic mass is 10.0. The first-order valence-electron chi connectivity index (χ1n) is 8.94. The van der Waals surface area contributed by atoms with Crippen molar-refractivity contribution in [3.05, 3.63) is 54.1 Å². The molecular formula is C21H27ClN2O3. The number of methoxy groups -OCH3 is 2. The number of nitrogens with zero attached hydrogens (tertiary/aromatic N) is 2. The van der Waals surface area contributed by atoms with Crippen LogP contribution < -0.4 is 14.4 Å². The molecule has 146 valence electrons. The zero-order valence-electron chi connectivity index (χ0n) is 16.1. The van der Waals surface area contributed by atoms with Crippen LogP contribution in [0.1, 0.15) is 17.3 Å². The number of halogens is 1. The number of carbonyl (C=O) groups excluding carboxylic acids is 1. The fourth-order valence-corrected chi connectivity index (χ4v) is 3.40. The molecular weight excluding hydrogens is 364 g/mol. The number of benzene rings is 2. The maximum Gasteiger partial charge on any atom is 0.179 e.